The molecule has 0 fully saturated rings. The van der Waals surface area contributed by atoms with E-state index in [1.807, 2.05) is 0 Å². The lowest BCUT2D eigenvalue weighted by Crippen LogP contribution is -2.12. The SMILES string of the molecule is CNCCCn1ccc(C(F)(F)F)n1. The van der Waals surface area contributed by atoms with E-state index in [1.54, 1.807) is 7.05 Å². The van der Waals surface area contributed by atoms with Crippen molar-refractivity contribution in [3.63, 3.8) is 0 Å². The lowest BCUT2D eigenvalue weighted by atomic mass is 10.4. The number of nitrogens with one attached hydrogen (secondary N) is 1. The van der Waals surface area contributed by atoms with Crippen LogP contribution in [0.5, 0.6) is 0 Å². The van der Waals surface area contributed by atoms with Crippen LogP contribution in [-0.2, 0) is 12.7 Å². The molecule has 0 spiro atoms. The first-order chi connectivity index (χ1) is 6.54. The summed E-state index contributed by atoms with van der Waals surface area (Å²) in [4.78, 5) is 0. The highest BCUT2D eigenvalue weighted by atomic mass is 19.4. The average molecular weight is 207 g/mol. The standard InChI is InChI=1S/C8H12F3N3/c1-12-4-2-5-14-6-3-7(13-14)8(9,10)11/h3,6,12H,2,4-5H2,1H3. The van der Waals surface area contributed by atoms with Crippen LogP contribution in [0.1, 0.15) is 12.1 Å². The zero-order chi connectivity index (χ0) is 10.6. The van der Waals surface area contributed by atoms with Crippen molar-refractivity contribution >= 4 is 0 Å². The quantitative estimate of drug-likeness (QED) is 0.758. The molecule has 3 nitrogen and oxygen atoms in total. The first-order valence-electron chi connectivity index (χ1n) is 4.29. The summed E-state index contributed by atoms with van der Waals surface area (Å²) in [5.41, 5.74) is -0.832. The summed E-state index contributed by atoms with van der Waals surface area (Å²) in [6.45, 7) is 1.26. The van der Waals surface area contributed by atoms with Crippen LogP contribution in [0.2, 0.25) is 0 Å². The molecule has 1 aromatic rings. The van der Waals surface area contributed by atoms with Gasteiger partial charge in [-0.25, -0.2) is 0 Å². The number of hydrogen-bond donors (Lipinski definition) is 1. The van der Waals surface area contributed by atoms with Gasteiger partial charge >= 0.3 is 6.18 Å². The van der Waals surface area contributed by atoms with Crippen molar-refractivity contribution in [2.45, 2.75) is 19.1 Å². The Kier molecular flexibility index (Phi) is 3.51. The predicted molar refractivity (Wildman–Crippen MR) is 45.8 cm³/mol. The minimum absolute atomic E-state index is 0.497. The summed E-state index contributed by atoms with van der Waals surface area (Å²) in [6.07, 6.45) is -2.23. The summed E-state index contributed by atoms with van der Waals surface area (Å²) in [7, 11) is 1.80. The molecule has 0 aliphatic heterocycles. The number of rotatable bonds is 4. The molecule has 0 aliphatic rings. The maximum absolute atomic E-state index is 12.1. The zero-order valence-electron chi connectivity index (χ0n) is 7.80. The fourth-order valence-electron chi connectivity index (χ4n) is 1.06. The highest BCUT2D eigenvalue weighted by molar-refractivity contribution is 5.03. The van der Waals surface area contributed by atoms with Crippen LogP contribution in [0, 0.1) is 0 Å². The maximum Gasteiger partial charge on any atom is 0.435 e. The third-order valence-corrected chi connectivity index (χ3v) is 1.75. The lowest BCUT2D eigenvalue weighted by molar-refractivity contribution is -0.141. The fraction of sp³-hybridized carbons (Fsp3) is 0.625. The van der Waals surface area contributed by atoms with Gasteiger partial charge in [0.1, 0.15) is 0 Å². The Hall–Kier alpha value is -1.04. The van der Waals surface area contributed by atoms with E-state index in [1.165, 1.54) is 10.9 Å². The van der Waals surface area contributed by atoms with Crippen molar-refractivity contribution in [1.29, 1.82) is 0 Å². The van der Waals surface area contributed by atoms with Gasteiger partial charge in [-0.15, -0.1) is 0 Å². The Morgan fingerprint density at radius 1 is 1.50 bits per heavy atom. The Labute approximate surface area is 79.9 Å². The topological polar surface area (TPSA) is 29.9 Å². The second-order valence-corrected chi connectivity index (χ2v) is 2.92. The van der Waals surface area contributed by atoms with Gasteiger partial charge in [0.05, 0.1) is 0 Å². The first-order valence-corrected chi connectivity index (χ1v) is 4.29. The maximum atomic E-state index is 12.1. The summed E-state index contributed by atoms with van der Waals surface area (Å²) >= 11 is 0. The van der Waals surface area contributed by atoms with E-state index in [9.17, 15) is 13.2 Å². The lowest BCUT2D eigenvalue weighted by Gasteiger charge is -2.02. The zero-order valence-corrected chi connectivity index (χ0v) is 7.80. The summed E-state index contributed by atoms with van der Waals surface area (Å²) < 4.78 is 37.6. The number of halogens is 3. The monoisotopic (exact) mass is 207 g/mol. The predicted octanol–water partition coefficient (Wildman–Crippen LogP) is 1.51. The smallest absolute Gasteiger partial charge is 0.320 e. The first kappa shape index (κ1) is 11.0. The molecule has 0 aliphatic carbocycles. The highest BCUT2D eigenvalue weighted by Gasteiger charge is 2.33. The molecule has 0 saturated heterocycles. The Balaban J connectivity index is 2.51. The van der Waals surface area contributed by atoms with Crippen LogP contribution in [0.25, 0.3) is 0 Å². The van der Waals surface area contributed by atoms with Gasteiger partial charge in [-0.2, -0.15) is 18.3 Å². The number of aryl methyl sites for hydroxylation is 1. The summed E-state index contributed by atoms with van der Waals surface area (Å²) in [6, 6.07) is 0.985. The van der Waals surface area contributed by atoms with Crippen molar-refractivity contribution in [3.05, 3.63) is 18.0 Å². The van der Waals surface area contributed by atoms with Crippen LogP contribution in [-0.4, -0.2) is 23.4 Å². The Morgan fingerprint density at radius 2 is 2.21 bits per heavy atom. The van der Waals surface area contributed by atoms with Gasteiger partial charge < -0.3 is 5.32 Å². The van der Waals surface area contributed by atoms with E-state index in [0.29, 0.717) is 6.54 Å². The van der Waals surface area contributed by atoms with Crippen molar-refractivity contribution in [3.8, 4) is 0 Å². The summed E-state index contributed by atoms with van der Waals surface area (Å²) in [5.74, 6) is 0. The van der Waals surface area contributed by atoms with Crippen LogP contribution in [0.4, 0.5) is 13.2 Å². The molecular formula is C8H12F3N3. The van der Waals surface area contributed by atoms with Crippen molar-refractivity contribution in [1.82, 2.24) is 15.1 Å². The van der Waals surface area contributed by atoms with E-state index in [4.69, 9.17) is 0 Å². The third-order valence-electron chi connectivity index (χ3n) is 1.75. The molecule has 0 unspecified atom stereocenters. The summed E-state index contributed by atoms with van der Waals surface area (Å²) in [5, 5.41) is 6.33. The van der Waals surface area contributed by atoms with Gasteiger partial charge in [0.15, 0.2) is 5.69 Å². The molecule has 0 atom stereocenters. The van der Waals surface area contributed by atoms with Crippen LogP contribution in [0.3, 0.4) is 0 Å². The fourth-order valence-corrected chi connectivity index (χ4v) is 1.06. The van der Waals surface area contributed by atoms with E-state index < -0.39 is 11.9 Å². The van der Waals surface area contributed by atoms with Gasteiger partial charge in [-0.1, -0.05) is 0 Å². The molecular weight excluding hydrogens is 195 g/mol. The second kappa shape index (κ2) is 4.45. The molecule has 1 rings (SSSR count). The minimum Gasteiger partial charge on any atom is -0.320 e. The van der Waals surface area contributed by atoms with E-state index in [-0.39, 0.29) is 0 Å². The van der Waals surface area contributed by atoms with Gasteiger partial charge in [0, 0.05) is 12.7 Å². The molecule has 0 saturated carbocycles. The average Bonchev–Trinajstić information content (AvgIpc) is 2.52. The van der Waals surface area contributed by atoms with Crippen molar-refractivity contribution < 1.29 is 13.2 Å². The number of nitrogens with zero attached hydrogens (tertiary/aromatic N) is 2. The molecule has 6 heteroatoms. The van der Waals surface area contributed by atoms with E-state index in [2.05, 4.69) is 10.4 Å². The van der Waals surface area contributed by atoms with Gasteiger partial charge in [-0.3, -0.25) is 4.68 Å². The molecule has 0 bridgehead atoms. The largest absolute Gasteiger partial charge is 0.435 e. The Bertz CT molecular complexity index is 280. The highest BCUT2D eigenvalue weighted by Crippen LogP contribution is 2.27. The van der Waals surface area contributed by atoms with E-state index >= 15 is 0 Å². The number of alkyl halides is 3. The van der Waals surface area contributed by atoms with Crippen LogP contribution in [0.15, 0.2) is 12.3 Å². The third kappa shape index (κ3) is 3.02. The molecule has 0 radical (unpaired) electrons. The van der Waals surface area contributed by atoms with Gasteiger partial charge in [-0.05, 0) is 26.1 Å². The molecule has 1 heterocycles. The second-order valence-electron chi connectivity index (χ2n) is 2.92. The molecule has 14 heavy (non-hydrogen) atoms. The van der Waals surface area contributed by atoms with E-state index in [0.717, 1.165) is 19.0 Å². The van der Waals surface area contributed by atoms with Crippen LogP contribution < -0.4 is 5.32 Å². The normalized spacial score (nSPS) is 12.0. The van der Waals surface area contributed by atoms with Crippen molar-refractivity contribution in [2.75, 3.05) is 13.6 Å². The molecule has 0 amide bonds. The van der Waals surface area contributed by atoms with Gasteiger partial charge in [0.2, 0.25) is 0 Å². The minimum atomic E-state index is -4.34. The van der Waals surface area contributed by atoms with Crippen molar-refractivity contribution in [2.24, 2.45) is 0 Å². The number of hydrogen-bond acceptors (Lipinski definition) is 2. The molecule has 1 N–H and O–H groups in total. The number of aromatic nitrogens is 2. The van der Waals surface area contributed by atoms with Crippen LogP contribution >= 0.6 is 0 Å². The molecule has 1 aromatic heterocycles. The van der Waals surface area contributed by atoms with Gasteiger partial charge in [0.25, 0.3) is 0 Å². The molecule has 80 valence electrons. The Morgan fingerprint density at radius 3 is 2.71 bits per heavy atom. The molecule has 0 aromatic carbocycles.